The third-order valence-corrected chi connectivity index (χ3v) is 6.40. The summed E-state index contributed by atoms with van der Waals surface area (Å²) in [5.41, 5.74) is 1.27. The molecule has 1 saturated heterocycles. The lowest BCUT2D eigenvalue weighted by Gasteiger charge is -2.32. The molecule has 174 valence electrons. The van der Waals surface area contributed by atoms with Gasteiger partial charge in [0, 0.05) is 30.8 Å². The molecule has 1 aliphatic rings. The van der Waals surface area contributed by atoms with E-state index in [0.29, 0.717) is 29.9 Å². The lowest BCUT2D eigenvalue weighted by Crippen LogP contribution is -2.37. The Kier molecular flexibility index (Phi) is 8.33. The van der Waals surface area contributed by atoms with Gasteiger partial charge < -0.3 is 24.2 Å². The molecule has 3 rings (SSSR count). The molecule has 1 N–H and O–H groups in total. The Morgan fingerprint density at radius 3 is 2.52 bits per heavy atom. The van der Waals surface area contributed by atoms with Crippen LogP contribution in [-0.4, -0.2) is 50.5 Å². The summed E-state index contributed by atoms with van der Waals surface area (Å²) >= 11 is 1.59. The number of nitriles is 1. The second-order valence-corrected chi connectivity index (χ2v) is 8.58. The molecule has 0 radical (unpaired) electrons. The van der Waals surface area contributed by atoms with Crippen LogP contribution in [0.25, 0.3) is 11.6 Å². The molecule has 8 nitrogen and oxygen atoms in total. The number of ether oxygens (including phenoxy) is 3. The fourth-order valence-electron chi connectivity index (χ4n) is 3.56. The largest absolute Gasteiger partial charge is 0.493 e. The zero-order chi connectivity index (χ0) is 23.8. The standard InChI is InChI=1S/C24H26N2O6S/c1-30-20-5-3-16(14-21(20)31-2)17(15-25)13-19-4-6-22(33-19)26-11-9-18(10-12-26)32-24(29)8-7-23(27)28/h3-6,13-14,18H,7-12H2,1-2H3,(H,27,28). The summed E-state index contributed by atoms with van der Waals surface area (Å²) in [6.45, 7) is 1.47. The fourth-order valence-corrected chi connectivity index (χ4v) is 4.57. The van der Waals surface area contributed by atoms with E-state index in [9.17, 15) is 14.9 Å². The van der Waals surface area contributed by atoms with Gasteiger partial charge in [0.25, 0.3) is 0 Å². The van der Waals surface area contributed by atoms with Crippen molar-refractivity contribution in [3.05, 3.63) is 40.8 Å². The monoisotopic (exact) mass is 470 g/mol. The van der Waals surface area contributed by atoms with E-state index < -0.39 is 11.9 Å². The summed E-state index contributed by atoms with van der Waals surface area (Å²) in [6, 6.07) is 11.7. The van der Waals surface area contributed by atoms with Crippen LogP contribution < -0.4 is 14.4 Å². The highest BCUT2D eigenvalue weighted by Gasteiger charge is 2.23. The molecule has 1 fully saturated rings. The third-order valence-electron chi connectivity index (χ3n) is 5.31. The fraction of sp³-hybridized carbons (Fsp3) is 0.375. The van der Waals surface area contributed by atoms with Gasteiger partial charge in [-0.25, -0.2) is 0 Å². The predicted molar refractivity (Wildman–Crippen MR) is 126 cm³/mol. The molecule has 0 atom stereocenters. The number of hydrogen-bond acceptors (Lipinski definition) is 8. The van der Waals surface area contributed by atoms with E-state index in [2.05, 4.69) is 11.0 Å². The number of aliphatic carboxylic acids is 1. The molecule has 1 aromatic carbocycles. The van der Waals surface area contributed by atoms with Gasteiger partial charge in [-0.05, 0) is 42.0 Å². The van der Waals surface area contributed by atoms with E-state index in [1.807, 2.05) is 24.3 Å². The third kappa shape index (κ3) is 6.49. The van der Waals surface area contributed by atoms with Gasteiger partial charge in [0.1, 0.15) is 6.10 Å². The number of rotatable bonds is 9. The minimum Gasteiger partial charge on any atom is -0.493 e. The first kappa shape index (κ1) is 24.1. The minimum atomic E-state index is -1.00. The van der Waals surface area contributed by atoms with Crippen LogP contribution in [0, 0.1) is 11.3 Å². The van der Waals surface area contributed by atoms with Crippen molar-refractivity contribution < 1.29 is 28.9 Å². The van der Waals surface area contributed by atoms with Crippen LogP contribution in [-0.2, 0) is 14.3 Å². The van der Waals surface area contributed by atoms with Crippen LogP contribution in [0.3, 0.4) is 0 Å². The van der Waals surface area contributed by atoms with Gasteiger partial charge in [-0.1, -0.05) is 0 Å². The van der Waals surface area contributed by atoms with Crippen molar-refractivity contribution >= 4 is 39.9 Å². The highest BCUT2D eigenvalue weighted by Crippen LogP contribution is 2.34. The van der Waals surface area contributed by atoms with Crippen LogP contribution in [0.4, 0.5) is 5.00 Å². The van der Waals surface area contributed by atoms with E-state index in [1.54, 1.807) is 37.7 Å². The number of benzene rings is 1. The first-order valence-electron chi connectivity index (χ1n) is 10.5. The summed E-state index contributed by atoms with van der Waals surface area (Å²) < 4.78 is 16.0. The summed E-state index contributed by atoms with van der Waals surface area (Å²) in [5.74, 6) is -0.295. The van der Waals surface area contributed by atoms with Gasteiger partial charge in [0.15, 0.2) is 11.5 Å². The highest BCUT2D eigenvalue weighted by atomic mass is 32.1. The number of allylic oxidation sites excluding steroid dienone is 1. The summed E-state index contributed by atoms with van der Waals surface area (Å²) in [4.78, 5) is 25.5. The number of hydrogen-bond donors (Lipinski definition) is 1. The van der Waals surface area contributed by atoms with E-state index in [1.165, 1.54) is 0 Å². The second-order valence-electron chi connectivity index (χ2n) is 7.49. The minimum absolute atomic E-state index is 0.0997. The van der Waals surface area contributed by atoms with Crippen LogP contribution in [0.15, 0.2) is 30.3 Å². The molecule has 33 heavy (non-hydrogen) atoms. The Morgan fingerprint density at radius 2 is 1.88 bits per heavy atom. The van der Waals surface area contributed by atoms with E-state index in [-0.39, 0.29) is 18.9 Å². The van der Waals surface area contributed by atoms with Gasteiger partial charge in [-0.2, -0.15) is 5.26 Å². The summed E-state index contributed by atoms with van der Waals surface area (Å²) in [7, 11) is 3.13. The molecular formula is C24H26N2O6S. The number of carboxylic acid groups (broad SMARTS) is 1. The predicted octanol–water partition coefficient (Wildman–Crippen LogP) is 4.21. The van der Waals surface area contributed by atoms with Crippen LogP contribution in [0.2, 0.25) is 0 Å². The van der Waals surface area contributed by atoms with Crippen molar-refractivity contribution in [3.63, 3.8) is 0 Å². The normalized spacial score (nSPS) is 14.5. The molecule has 0 amide bonds. The van der Waals surface area contributed by atoms with Crippen molar-refractivity contribution in [2.75, 3.05) is 32.2 Å². The van der Waals surface area contributed by atoms with Crippen LogP contribution in [0.1, 0.15) is 36.1 Å². The molecule has 1 aromatic heterocycles. The molecule has 0 bridgehead atoms. The average Bonchev–Trinajstić information content (AvgIpc) is 3.30. The van der Waals surface area contributed by atoms with Crippen molar-refractivity contribution in [2.45, 2.75) is 31.8 Å². The van der Waals surface area contributed by atoms with Crippen molar-refractivity contribution in [1.82, 2.24) is 0 Å². The molecule has 2 aromatic rings. The number of thiophene rings is 1. The van der Waals surface area contributed by atoms with Crippen molar-refractivity contribution in [2.24, 2.45) is 0 Å². The number of carbonyl (C=O) groups excluding carboxylic acids is 1. The van der Waals surface area contributed by atoms with Gasteiger partial charge in [-0.15, -0.1) is 11.3 Å². The molecule has 9 heteroatoms. The number of carboxylic acids is 1. The van der Waals surface area contributed by atoms with Crippen LogP contribution >= 0.6 is 11.3 Å². The number of methoxy groups -OCH3 is 2. The smallest absolute Gasteiger partial charge is 0.306 e. The SMILES string of the molecule is COc1ccc(C(C#N)=Cc2ccc(N3CCC(OC(=O)CCC(=O)O)CC3)s2)cc1OC. The van der Waals surface area contributed by atoms with Gasteiger partial charge in [0.2, 0.25) is 0 Å². The Labute approximate surface area is 196 Å². The zero-order valence-corrected chi connectivity index (χ0v) is 19.4. The van der Waals surface area contributed by atoms with E-state index >= 15 is 0 Å². The molecule has 1 aliphatic heterocycles. The molecule has 0 unspecified atom stereocenters. The number of nitrogens with zero attached hydrogens (tertiary/aromatic N) is 2. The maximum atomic E-state index is 11.8. The number of piperidine rings is 1. The Hall–Kier alpha value is -3.51. The molecular weight excluding hydrogens is 444 g/mol. The second kappa shape index (κ2) is 11.4. The quantitative estimate of drug-likeness (QED) is 0.429. The zero-order valence-electron chi connectivity index (χ0n) is 18.6. The van der Waals surface area contributed by atoms with Crippen molar-refractivity contribution in [1.29, 1.82) is 5.26 Å². The lowest BCUT2D eigenvalue weighted by atomic mass is 10.1. The summed E-state index contributed by atoms with van der Waals surface area (Å²) in [6.07, 6.45) is 2.74. The molecule has 2 heterocycles. The maximum Gasteiger partial charge on any atom is 0.306 e. The maximum absolute atomic E-state index is 11.8. The van der Waals surface area contributed by atoms with Crippen molar-refractivity contribution in [3.8, 4) is 17.6 Å². The first-order valence-corrected chi connectivity index (χ1v) is 11.4. The summed E-state index contributed by atoms with van der Waals surface area (Å²) in [5, 5.41) is 19.4. The van der Waals surface area contributed by atoms with Crippen LogP contribution in [0.5, 0.6) is 11.5 Å². The Morgan fingerprint density at radius 1 is 1.15 bits per heavy atom. The number of anilines is 1. The van der Waals surface area contributed by atoms with Gasteiger partial charge >= 0.3 is 11.9 Å². The molecule has 0 saturated carbocycles. The number of carbonyl (C=O) groups is 2. The highest BCUT2D eigenvalue weighted by molar-refractivity contribution is 7.17. The van der Waals surface area contributed by atoms with Gasteiger partial charge in [0.05, 0.1) is 43.7 Å². The van der Waals surface area contributed by atoms with Gasteiger partial charge in [-0.3, -0.25) is 9.59 Å². The number of esters is 1. The topological polar surface area (TPSA) is 109 Å². The Balaban J connectivity index is 1.62. The lowest BCUT2D eigenvalue weighted by molar-refractivity contribution is -0.152. The molecule has 0 aliphatic carbocycles. The van der Waals surface area contributed by atoms with E-state index in [0.717, 1.165) is 28.5 Å². The van der Waals surface area contributed by atoms with E-state index in [4.69, 9.17) is 19.3 Å². The average molecular weight is 471 g/mol. The molecule has 0 spiro atoms. The Bertz CT molecular complexity index is 1060. The first-order chi connectivity index (χ1) is 15.9.